The van der Waals surface area contributed by atoms with E-state index in [9.17, 15) is 9.18 Å². The van der Waals surface area contributed by atoms with Crippen LogP contribution in [0.3, 0.4) is 0 Å². The molecule has 0 fully saturated rings. The van der Waals surface area contributed by atoms with Gasteiger partial charge >= 0.3 is 0 Å². The molecule has 0 aliphatic heterocycles. The third kappa shape index (κ3) is 6.51. The first kappa shape index (κ1) is 15.9. The first-order chi connectivity index (χ1) is 9.13. The number of benzene rings is 1. The van der Waals surface area contributed by atoms with Crippen LogP contribution in [0.15, 0.2) is 22.7 Å². The minimum Gasteiger partial charge on any atom is -0.481 e. The summed E-state index contributed by atoms with van der Waals surface area (Å²) in [6.07, 6.45) is 0. The van der Waals surface area contributed by atoms with Crippen LogP contribution in [-0.4, -0.2) is 44.0 Å². The fourth-order valence-electron chi connectivity index (χ4n) is 1.22. The highest BCUT2D eigenvalue weighted by atomic mass is 79.9. The summed E-state index contributed by atoms with van der Waals surface area (Å²) in [7, 11) is 0. The molecule has 1 rings (SSSR count). The van der Waals surface area contributed by atoms with E-state index in [1.807, 2.05) is 0 Å². The van der Waals surface area contributed by atoms with Crippen LogP contribution >= 0.6 is 15.9 Å². The molecule has 0 heterocycles. The Morgan fingerprint density at radius 2 is 2.21 bits per heavy atom. The zero-order valence-corrected chi connectivity index (χ0v) is 11.8. The first-order valence-electron chi connectivity index (χ1n) is 5.66. The topological polar surface area (TPSA) is 67.8 Å². The predicted octanol–water partition coefficient (Wildman–Crippen LogP) is 1.09. The van der Waals surface area contributed by atoms with E-state index in [4.69, 9.17) is 14.6 Å². The van der Waals surface area contributed by atoms with Crippen LogP contribution < -0.4 is 10.1 Å². The molecule has 0 aliphatic carbocycles. The van der Waals surface area contributed by atoms with Crippen LogP contribution in [-0.2, 0) is 9.53 Å². The van der Waals surface area contributed by atoms with Gasteiger partial charge in [0.05, 0.1) is 19.8 Å². The molecule has 0 atom stereocenters. The van der Waals surface area contributed by atoms with Gasteiger partial charge in [0.2, 0.25) is 0 Å². The van der Waals surface area contributed by atoms with Gasteiger partial charge < -0.3 is 19.9 Å². The molecular weight excluding hydrogens is 321 g/mol. The van der Waals surface area contributed by atoms with Crippen LogP contribution in [0.5, 0.6) is 5.75 Å². The number of halogens is 2. The zero-order chi connectivity index (χ0) is 14.1. The van der Waals surface area contributed by atoms with Crippen LogP contribution in [0.4, 0.5) is 4.39 Å². The highest BCUT2D eigenvalue weighted by Gasteiger charge is 2.06. The number of rotatable bonds is 8. The number of ether oxygens (including phenoxy) is 2. The summed E-state index contributed by atoms with van der Waals surface area (Å²) >= 11 is 3.12. The van der Waals surface area contributed by atoms with E-state index < -0.39 is 5.82 Å². The number of aliphatic hydroxyl groups is 1. The maximum absolute atomic E-state index is 13.4. The van der Waals surface area contributed by atoms with Gasteiger partial charge in [0.15, 0.2) is 18.2 Å². The summed E-state index contributed by atoms with van der Waals surface area (Å²) in [5.74, 6) is -0.877. The quantitative estimate of drug-likeness (QED) is 0.698. The Hall–Kier alpha value is -1.18. The van der Waals surface area contributed by atoms with Crippen molar-refractivity contribution in [1.29, 1.82) is 0 Å². The Labute approximate surface area is 118 Å². The first-order valence-corrected chi connectivity index (χ1v) is 6.46. The standard InChI is InChI=1S/C12H15BrFNO4/c13-9-1-2-11(10(14)7-9)19-8-12(17)15-3-5-18-6-4-16/h1-2,7,16H,3-6,8H2,(H,15,17). The largest absolute Gasteiger partial charge is 0.481 e. The van der Waals surface area contributed by atoms with Crippen molar-refractivity contribution in [3.05, 3.63) is 28.5 Å². The molecule has 0 radical (unpaired) electrons. The van der Waals surface area contributed by atoms with Crippen LogP contribution in [0.2, 0.25) is 0 Å². The second-order valence-corrected chi connectivity index (χ2v) is 4.47. The van der Waals surface area contributed by atoms with Gasteiger partial charge in [-0.05, 0) is 18.2 Å². The molecule has 0 unspecified atom stereocenters. The van der Waals surface area contributed by atoms with Crippen molar-refractivity contribution in [3.8, 4) is 5.75 Å². The van der Waals surface area contributed by atoms with E-state index in [0.717, 1.165) is 0 Å². The molecule has 2 N–H and O–H groups in total. The smallest absolute Gasteiger partial charge is 0.258 e. The Kier molecular flexibility index (Phi) is 7.39. The van der Waals surface area contributed by atoms with E-state index in [1.54, 1.807) is 6.07 Å². The van der Waals surface area contributed by atoms with E-state index in [1.165, 1.54) is 12.1 Å². The number of amides is 1. The zero-order valence-electron chi connectivity index (χ0n) is 10.2. The lowest BCUT2D eigenvalue weighted by molar-refractivity contribution is -0.123. The summed E-state index contributed by atoms with van der Waals surface area (Å²) in [6.45, 7) is 0.527. The third-order valence-electron chi connectivity index (χ3n) is 2.06. The molecule has 0 aromatic heterocycles. The van der Waals surface area contributed by atoms with Crippen molar-refractivity contribution in [2.24, 2.45) is 0 Å². The second-order valence-electron chi connectivity index (χ2n) is 3.55. The Morgan fingerprint density at radius 1 is 1.42 bits per heavy atom. The summed E-state index contributed by atoms with van der Waals surface area (Å²) in [4.78, 5) is 11.4. The SMILES string of the molecule is O=C(COc1ccc(Br)cc1F)NCCOCCO. The third-order valence-corrected chi connectivity index (χ3v) is 2.55. The van der Waals surface area contributed by atoms with Crippen molar-refractivity contribution >= 4 is 21.8 Å². The summed E-state index contributed by atoms with van der Waals surface area (Å²) < 4.78 is 24.0. The number of hydrogen-bond donors (Lipinski definition) is 2. The number of carbonyl (C=O) groups excluding carboxylic acids is 1. The Balaban J connectivity index is 2.22. The van der Waals surface area contributed by atoms with Crippen molar-refractivity contribution in [3.63, 3.8) is 0 Å². The van der Waals surface area contributed by atoms with E-state index in [-0.39, 0.29) is 31.5 Å². The summed E-state index contributed by atoms with van der Waals surface area (Å²) in [5, 5.41) is 11.0. The van der Waals surface area contributed by atoms with Gasteiger partial charge in [0, 0.05) is 11.0 Å². The minimum absolute atomic E-state index is 0.0230. The minimum atomic E-state index is -0.534. The molecule has 0 saturated heterocycles. The van der Waals surface area contributed by atoms with Crippen LogP contribution in [0.1, 0.15) is 0 Å². The molecule has 19 heavy (non-hydrogen) atoms. The van der Waals surface area contributed by atoms with Gasteiger partial charge in [-0.2, -0.15) is 0 Å². The second kappa shape index (κ2) is 8.84. The number of aliphatic hydroxyl groups excluding tert-OH is 1. The van der Waals surface area contributed by atoms with Crippen LogP contribution in [0.25, 0.3) is 0 Å². The van der Waals surface area contributed by atoms with Gasteiger partial charge in [-0.3, -0.25) is 4.79 Å². The maximum atomic E-state index is 13.4. The normalized spacial score (nSPS) is 10.3. The van der Waals surface area contributed by atoms with Crippen molar-refractivity contribution in [2.75, 3.05) is 33.0 Å². The molecule has 0 aliphatic rings. The van der Waals surface area contributed by atoms with Gasteiger partial charge in [-0.25, -0.2) is 4.39 Å². The number of nitrogens with one attached hydrogen (secondary N) is 1. The molecule has 7 heteroatoms. The van der Waals surface area contributed by atoms with Crippen molar-refractivity contribution < 1.29 is 23.8 Å². The maximum Gasteiger partial charge on any atom is 0.258 e. The lowest BCUT2D eigenvalue weighted by atomic mass is 10.3. The summed E-state index contributed by atoms with van der Waals surface area (Å²) in [6, 6.07) is 4.33. The van der Waals surface area contributed by atoms with Crippen molar-refractivity contribution in [1.82, 2.24) is 5.32 Å². The predicted molar refractivity (Wildman–Crippen MR) is 70.5 cm³/mol. The van der Waals surface area contributed by atoms with E-state index >= 15 is 0 Å². The average molecular weight is 336 g/mol. The van der Waals surface area contributed by atoms with Crippen LogP contribution in [0, 0.1) is 5.82 Å². The molecule has 1 aromatic carbocycles. The van der Waals surface area contributed by atoms with Gasteiger partial charge in [-0.1, -0.05) is 15.9 Å². The molecular formula is C12H15BrFNO4. The highest BCUT2D eigenvalue weighted by Crippen LogP contribution is 2.21. The monoisotopic (exact) mass is 335 g/mol. The summed E-state index contributed by atoms with van der Waals surface area (Å²) in [5.41, 5.74) is 0. The van der Waals surface area contributed by atoms with Gasteiger partial charge in [0.1, 0.15) is 0 Å². The number of carbonyl (C=O) groups is 1. The molecule has 1 aromatic rings. The molecule has 0 spiro atoms. The fourth-order valence-corrected chi connectivity index (χ4v) is 1.55. The van der Waals surface area contributed by atoms with Crippen molar-refractivity contribution in [2.45, 2.75) is 0 Å². The highest BCUT2D eigenvalue weighted by molar-refractivity contribution is 9.10. The Bertz CT molecular complexity index is 417. The van der Waals surface area contributed by atoms with Gasteiger partial charge in [-0.15, -0.1) is 0 Å². The fraction of sp³-hybridized carbons (Fsp3) is 0.417. The number of hydrogen-bond acceptors (Lipinski definition) is 4. The average Bonchev–Trinajstić information content (AvgIpc) is 2.37. The van der Waals surface area contributed by atoms with Gasteiger partial charge in [0.25, 0.3) is 5.91 Å². The Morgan fingerprint density at radius 3 is 2.89 bits per heavy atom. The lowest BCUT2D eigenvalue weighted by Gasteiger charge is -2.08. The van der Waals surface area contributed by atoms with E-state index in [2.05, 4.69) is 21.2 Å². The molecule has 0 bridgehead atoms. The lowest BCUT2D eigenvalue weighted by Crippen LogP contribution is -2.32. The molecule has 106 valence electrons. The molecule has 0 saturated carbocycles. The van der Waals surface area contributed by atoms with E-state index in [0.29, 0.717) is 17.6 Å². The molecule has 5 nitrogen and oxygen atoms in total. The molecule has 1 amide bonds.